The van der Waals surface area contributed by atoms with Crippen LogP contribution in [0.4, 0.5) is 0 Å². The second-order valence-corrected chi connectivity index (χ2v) is 6.19. The lowest BCUT2D eigenvalue weighted by Crippen LogP contribution is -2.34. The Balaban J connectivity index is 1.67. The lowest BCUT2D eigenvalue weighted by atomic mass is 10.0. The minimum absolute atomic E-state index is 0.143. The number of hydrogen-bond donors (Lipinski definition) is 2. The van der Waals surface area contributed by atoms with E-state index in [2.05, 4.69) is 20.8 Å². The van der Waals surface area contributed by atoms with Gasteiger partial charge in [-0.2, -0.15) is 0 Å². The van der Waals surface area contributed by atoms with E-state index in [1.807, 2.05) is 13.8 Å². The van der Waals surface area contributed by atoms with Gasteiger partial charge in [-0.25, -0.2) is 4.98 Å². The molecule has 0 aromatic carbocycles. The van der Waals surface area contributed by atoms with Crippen LogP contribution in [0.5, 0.6) is 0 Å². The molecule has 3 aromatic rings. The number of amides is 2. The number of rotatable bonds is 6. The Labute approximate surface area is 149 Å². The van der Waals surface area contributed by atoms with E-state index in [-0.39, 0.29) is 36.6 Å². The minimum Gasteiger partial charge on any atom is -0.459 e. The molecule has 136 valence electrons. The molecule has 0 aliphatic heterocycles. The highest BCUT2D eigenvalue weighted by atomic mass is 16.5. The quantitative estimate of drug-likeness (QED) is 0.656. The SMILES string of the molecule is Cc1noc2nc(C(C)C)cc(C(=O)NCCNC(=O)c3ccco3)c12. The smallest absolute Gasteiger partial charge is 0.287 e. The lowest BCUT2D eigenvalue weighted by Gasteiger charge is -2.10. The van der Waals surface area contributed by atoms with Crippen LogP contribution in [0.25, 0.3) is 11.1 Å². The molecular formula is C18H20N4O4. The van der Waals surface area contributed by atoms with Gasteiger partial charge < -0.3 is 19.6 Å². The summed E-state index contributed by atoms with van der Waals surface area (Å²) < 4.78 is 10.2. The van der Waals surface area contributed by atoms with Gasteiger partial charge in [0, 0.05) is 18.8 Å². The Morgan fingerprint density at radius 3 is 2.58 bits per heavy atom. The van der Waals surface area contributed by atoms with E-state index in [1.54, 1.807) is 25.1 Å². The summed E-state index contributed by atoms with van der Waals surface area (Å²) in [7, 11) is 0. The highest BCUT2D eigenvalue weighted by Crippen LogP contribution is 2.24. The molecule has 0 aliphatic carbocycles. The zero-order valence-electron chi connectivity index (χ0n) is 14.8. The first-order valence-corrected chi connectivity index (χ1v) is 8.34. The number of carbonyl (C=O) groups excluding carboxylic acids is 2. The summed E-state index contributed by atoms with van der Waals surface area (Å²) in [6.07, 6.45) is 1.43. The van der Waals surface area contributed by atoms with Crippen molar-refractivity contribution in [3.8, 4) is 0 Å². The van der Waals surface area contributed by atoms with Crippen molar-refractivity contribution >= 4 is 22.9 Å². The van der Waals surface area contributed by atoms with Crippen LogP contribution >= 0.6 is 0 Å². The van der Waals surface area contributed by atoms with E-state index >= 15 is 0 Å². The van der Waals surface area contributed by atoms with Gasteiger partial charge in [-0.15, -0.1) is 0 Å². The van der Waals surface area contributed by atoms with Crippen LogP contribution in [0.2, 0.25) is 0 Å². The Morgan fingerprint density at radius 2 is 1.92 bits per heavy atom. The van der Waals surface area contributed by atoms with Crippen LogP contribution in [0, 0.1) is 6.92 Å². The van der Waals surface area contributed by atoms with Crippen LogP contribution in [0.1, 0.15) is 52.1 Å². The third kappa shape index (κ3) is 3.58. The number of fused-ring (bicyclic) bond motifs is 1. The topological polar surface area (TPSA) is 110 Å². The van der Waals surface area contributed by atoms with Crippen molar-refractivity contribution in [2.24, 2.45) is 0 Å². The highest BCUT2D eigenvalue weighted by Gasteiger charge is 2.19. The predicted octanol–water partition coefficient (Wildman–Crippen LogP) is 2.41. The fourth-order valence-corrected chi connectivity index (χ4v) is 2.53. The number of nitrogens with zero attached hydrogens (tertiary/aromatic N) is 2. The fraction of sp³-hybridized carbons (Fsp3) is 0.333. The van der Waals surface area contributed by atoms with E-state index in [9.17, 15) is 9.59 Å². The molecule has 8 heteroatoms. The summed E-state index contributed by atoms with van der Waals surface area (Å²) in [6.45, 7) is 6.30. The standard InChI is InChI=1S/C18H20N4O4/c1-10(2)13-9-12(15-11(3)22-26-18(15)21-13)16(23)19-6-7-20-17(24)14-5-4-8-25-14/h4-5,8-10H,6-7H2,1-3H3,(H,19,23)(H,20,24). The van der Waals surface area contributed by atoms with Crippen LogP contribution < -0.4 is 10.6 Å². The van der Waals surface area contributed by atoms with Crippen LogP contribution in [-0.2, 0) is 0 Å². The van der Waals surface area contributed by atoms with Crippen molar-refractivity contribution in [1.82, 2.24) is 20.8 Å². The predicted molar refractivity (Wildman–Crippen MR) is 94.0 cm³/mol. The molecule has 2 N–H and O–H groups in total. The summed E-state index contributed by atoms with van der Waals surface area (Å²) in [4.78, 5) is 28.8. The first-order valence-electron chi connectivity index (χ1n) is 8.34. The van der Waals surface area contributed by atoms with Gasteiger partial charge in [-0.05, 0) is 31.0 Å². The van der Waals surface area contributed by atoms with Crippen molar-refractivity contribution in [3.05, 3.63) is 47.2 Å². The molecule has 3 aromatic heterocycles. The van der Waals surface area contributed by atoms with Crippen molar-refractivity contribution in [3.63, 3.8) is 0 Å². The fourth-order valence-electron chi connectivity index (χ4n) is 2.53. The van der Waals surface area contributed by atoms with E-state index in [4.69, 9.17) is 8.94 Å². The zero-order chi connectivity index (χ0) is 18.7. The molecule has 0 fully saturated rings. The maximum absolute atomic E-state index is 12.6. The maximum Gasteiger partial charge on any atom is 0.287 e. The summed E-state index contributed by atoms with van der Waals surface area (Å²) >= 11 is 0. The molecule has 3 rings (SSSR count). The molecule has 0 saturated heterocycles. The largest absolute Gasteiger partial charge is 0.459 e. The van der Waals surface area contributed by atoms with Crippen LogP contribution in [0.3, 0.4) is 0 Å². The van der Waals surface area contributed by atoms with Gasteiger partial charge in [0.1, 0.15) is 0 Å². The Hall–Kier alpha value is -3.16. The zero-order valence-corrected chi connectivity index (χ0v) is 14.8. The van der Waals surface area contributed by atoms with Gasteiger partial charge in [0.25, 0.3) is 17.5 Å². The lowest BCUT2D eigenvalue weighted by molar-refractivity contribution is 0.0911. The van der Waals surface area contributed by atoms with Gasteiger partial charge in [0.05, 0.1) is 22.9 Å². The van der Waals surface area contributed by atoms with Gasteiger partial charge in [0.2, 0.25) is 0 Å². The molecular weight excluding hydrogens is 336 g/mol. The molecule has 0 aliphatic rings. The van der Waals surface area contributed by atoms with Crippen LogP contribution in [-0.4, -0.2) is 35.0 Å². The third-order valence-corrected chi connectivity index (χ3v) is 3.91. The Morgan fingerprint density at radius 1 is 1.19 bits per heavy atom. The van der Waals surface area contributed by atoms with Crippen molar-refractivity contribution in [2.75, 3.05) is 13.1 Å². The number of aromatic nitrogens is 2. The van der Waals surface area contributed by atoms with E-state index in [0.29, 0.717) is 22.4 Å². The van der Waals surface area contributed by atoms with Crippen LogP contribution in [0.15, 0.2) is 33.4 Å². The summed E-state index contributed by atoms with van der Waals surface area (Å²) in [5.74, 6) is -0.219. The van der Waals surface area contributed by atoms with E-state index in [1.165, 1.54) is 6.26 Å². The number of nitrogens with one attached hydrogen (secondary N) is 2. The number of carbonyl (C=O) groups is 2. The average molecular weight is 356 g/mol. The number of aryl methyl sites for hydroxylation is 1. The second-order valence-electron chi connectivity index (χ2n) is 6.19. The number of furan rings is 1. The molecule has 0 bridgehead atoms. The van der Waals surface area contributed by atoms with Crippen molar-refractivity contribution in [2.45, 2.75) is 26.7 Å². The molecule has 0 spiro atoms. The van der Waals surface area contributed by atoms with E-state index < -0.39 is 0 Å². The van der Waals surface area contributed by atoms with Crippen molar-refractivity contribution < 1.29 is 18.5 Å². The molecule has 8 nitrogen and oxygen atoms in total. The molecule has 0 unspecified atom stereocenters. The molecule has 0 radical (unpaired) electrons. The third-order valence-electron chi connectivity index (χ3n) is 3.91. The molecule has 3 heterocycles. The summed E-state index contributed by atoms with van der Waals surface area (Å²) in [5, 5.41) is 9.97. The van der Waals surface area contributed by atoms with Gasteiger partial charge in [0.15, 0.2) is 5.76 Å². The molecule has 26 heavy (non-hydrogen) atoms. The second kappa shape index (κ2) is 7.38. The molecule has 0 saturated carbocycles. The first-order chi connectivity index (χ1) is 12.5. The van der Waals surface area contributed by atoms with Gasteiger partial charge >= 0.3 is 0 Å². The van der Waals surface area contributed by atoms with Crippen molar-refractivity contribution in [1.29, 1.82) is 0 Å². The molecule has 2 amide bonds. The highest BCUT2D eigenvalue weighted by molar-refractivity contribution is 6.06. The van der Waals surface area contributed by atoms with Gasteiger partial charge in [-0.3, -0.25) is 9.59 Å². The van der Waals surface area contributed by atoms with E-state index in [0.717, 1.165) is 5.69 Å². The summed E-state index contributed by atoms with van der Waals surface area (Å²) in [5.41, 5.74) is 2.18. The van der Waals surface area contributed by atoms with Gasteiger partial charge in [-0.1, -0.05) is 19.0 Å². The molecule has 0 atom stereocenters. The summed E-state index contributed by atoms with van der Waals surface area (Å²) in [6, 6.07) is 4.97. The Kier molecular flexibility index (Phi) is 5.01. The average Bonchev–Trinajstić information content (AvgIpc) is 3.28. The monoisotopic (exact) mass is 356 g/mol. The Bertz CT molecular complexity index is 928. The maximum atomic E-state index is 12.6. The number of pyridine rings is 1. The normalized spacial score (nSPS) is 11.1. The number of hydrogen-bond acceptors (Lipinski definition) is 6. The minimum atomic E-state index is -0.326. The first kappa shape index (κ1) is 17.7.